The van der Waals surface area contributed by atoms with Crippen LogP contribution in [-0.4, -0.2) is 6.10 Å². The summed E-state index contributed by atoms with van der Waals surface area (Å²) < 4.78 is 0. The molecule has 0 saturated carbocycles. The molecule has 0 aliphatic rings. The van der Waals surface area contributed by atoms with Gasteiger partial charge in [0.1, 0.15) is 0 Å². The maximum absolute atomic E-state index is 10.4. The first-order valence-corrected chi connectivity index (χ1v) is 2.63. The van der Waals surface area contributed by atoms with E-state index in [9.17, 15) is 5.11 Å². The molecule has 0 aromatic rings. The van der Waals surface area contributed by atoms with Crippen molar-refractivity contribution in [3.63, 3.8) is 0 Å². The second-order valence-corrected chi connectivity index (χ2v) is 1.97. The maximum Gasteiger partial charge on any atom is 0.0927 e. The van der Waals surface area contributed by atoms with Crippen LogP contribution in [0.15, 0.2) is 0 Å². The van der Waals surface area contributed by atoms with E-state index in [2.05, 4.69) is 6.92 Å². The molecule has 0 spiro atoms. The maximum atomic E-state index is 10.4. The summed E-state index contributed by atoms with van der Waals surface area (Å²) in [5.74, 6) is 0.236. The van der Waals surface area contributed by atoms with Crippen molar-refractivity contribution in [2.75, 3.05) is 0 Å². The van der Waals surface area contributed by atoms with Crippen molar-refractivity contribution in [1.82, 2.24) is 0 Å². The number of rotatable bonds is 2. The lowest BCUT2D eigenvalue weighted by Crippen LogP contribution is -2.09. The third-order valence-electron chi connectivity index (χ3n) is 1.26. The largest absolute Gasteiger partial charge is 0.233 e. The molecule has 7 heavy (non-hydrogen) atoms. The zero-order valence-electron chi connectivity index (χ0n) is 4.98. The van der Waals surface area contributed by atoms with Gasteiger partial charge in [-0.3, -0.25) is 0 Å². The Bertz CT molecular complexity index is 41.4. The second-order valence-electron chi connectivity index (χ2n) is 1.97. The van der Waals surface area contributed by atoms with E-state index in [0.717, 1.165) is 6.42 Å². The Labute approximate surface area is 45.4 Å². The molecule has 0 amide bonds. The second kappa shape index (κ2) is 3.03. The Morgan fingerprint density at radius 3 is 2.00 bits per heavy atom. The summed E-state index contributed by atoms with van der Waals surface area (Å²) in [5.41, 5.74) is 0. The average molecular weight is 100 g/mol. The molecule has 2 unspecified atom stereocenters. The van der Waals surface area contributed by atoms with E-state index in [-0.39, 0.29) is 5.92 Å². The van der Waals surface area contributed by atoms with Gasteiger partial charge in [0.05, 0.1) is 6.10 Å². The van der Waals surface area contributed by atoms with Gasteiger partial charge in [0, 0.05) is 0 Å². The predicted molar refractivity (Wildman–Crippen MR) is 29.3 cm³/mol. The number of hydrogen-bond donors (Lipinski definition) is 0. The van der Waals surface area contributed by atoms with Crippen LogP contribution in [0.5, 0.6) is 0 Å². The molecule has 0 fully saturated rings. The monoisotopic (exact) mass is 100 g/mol. The first-order valence-electron chi connectivity index (χ1n) is 2.63. The fourth-order valence-electron chi connectivity index (χ4n) is 0.235. The van der Waals surface area contributed by atoms with Crippen LogP contribution in [0.3, 0.4) is 0 Å². The molecule has 0 aliphatic heterocycles. The molecule has 1 heteroatoms. The van der Waals surface area contributed by atoms with Gasteiger partial charge in [-0.1, -0.05) is 13.8 Å². The lowest BCUT2D eigenvalue weighted by molar-refractivity contribution is 0.0599. The molecule has 0 aliphatic carbocycles. The molecule has 42 valence electrons. The van der Waals surface area contributed by atoms with Crippen molar-refractivity contribution in [2.24, 2.45) is 5.92 Å². The standard InChI is InChI=1S/C6H12O/c1-4-5(2)6(3)7/h5-6H,1,4H2,2-3H3. The molecule has 0 bridgehead atoms. The highest BCUT2D eigenvalue weighted by atomic mass is 16.3. The van der Waals surface area contributed by atoms with Gasteiger partial charge in [-0.25, -0.2) is 5.11 Å². The summed E-state index contributed by atoms with van der Waals surface area (Å²) in [5, 5.41) is 10.4. The van der Waals surface area contributed by atoms with Gasteiger partial charge in [-0.15, -0.1) is 0 Å². The summed E-state index contributed by atoms with van der Waals surface area (Å²) in [6, 6.07) is 0. The highest BCUT2D eigenvalue weighted by molar-refractivity contribution is 4.58. The minimum atomic E-state index is -0.447. The molecular formula is C6H12O. The van der Waals surface area contributed by atoms with Gasteiger partial charge in [-0.05, 0) is 19.3 Å². The van der Waals surface area contributed by atoms with E-state index < -0.39 is 6.10 Å². The van der Waals surface area contributed by atoms with Gasteiger partial charge in [-0.2, -0.15) is 0 Å². The van der Waals surface area contributed by atoms with Gasteiger partial charge < -0.3 is 0 Å². The third kappa shape index (κ3) is 2.63. The molecule has 0 heterocycles. The van der Waals surface area contributed by atoms with E-state index in [0.29, 0.717) is 0 Å². The van der Waals surface area contributed by atoms with Gasteiger partial charge in [0.25, 0.3) is 0 Å². The number of hydrogen-bond acceptors (Lipinski definition) is 0. The Kier molecular flexibility index (Phi) is 3.01. The van der Waals surface area contributed by atoms with E-state index in [1.165, 1.54) is 0 Å². The lowest BCUT2D eigenvalue weighted by Gasteiger charge is -2.06. The summed E-state index contributed by atoms with van der Waals surface area (Å²) in [7, 11) is 0. The van der Waals surface area contributed by atoms with Crippen LogP contribution in [0, 0.1) is 12.8 Å². The van der Waals surface area contributed by atoms with Crippen LogP contribution < -0.4 is 0 Å². The van der Waals surface area contributed by atoms with Gasteiger partial charge in [0.15, 0.2) is 0 Å². The van der Waals surface area contributed by atoms with Crippen molar-refractivity contribution in [2.45, 2.75) is 26.4 Å². The highest BCUT2D eigenvalue weighted by Crippen LogP contribution is 2.05. The molecule has 0 aromatic heterocycles. The van der Waals surface area contributed by atoms with Crippen LogP contribution >= 0.6 is 0 Å². The quantitative estimate of drug-likeness (QED) is 0.503. The molecule has 0 N–H and O–H groups in total. The predicted octanol–water partition coefficient (Wildman–Crippen LogP) is 1.67. The minimum Gasteiger partial charge on any atom is -0.233 e. The molecule has 2 radical (unpaired) electrons. The molecule has 2 atom stereocenters. The summed E-state index contributed by atoms with van der Waals surface area (Å²) in [4.78, 5) is 0. The summed E-state index contributed by atoms with van der Waals surface area (Å²) in [6.07, 6.45) is 0.308. The Morgan fingerprint density at radius 2 is 2.00 bits per heavy atom. The molecule has 0 aromatic carbocycles. The SMILES string of the molecule is [CH2]CC(C)C(C)[O]. The first kappa shape index (κ1) is 6.96. The van der Waals surface area contributed by atoms with Crippen LogP contribution in [-0.2, 0) is 5.11 Å². The van der Waals surface area contributed by atoms with Crippen molar-refractivity contribution in [3.05, 3.63) is 6.92 Å². The molecule has 0 saturated heterocycles. The van der Waals surface area contributed by atoms with Crippen LogP contribution in [0.2, 0.25) is 0 Å². The average Bonchev–Trinajstić information content (AvgIpc) is 1.65. The molecule has 1 nitrogen and oxygen atoms in total. The van der Waals surface area contributed by atoms with Crippen LogP contribution in [0.25, 0.3) is 0 Å². The van der Waals surface area contributed by atoms with E-state index in [1.807, 2.05) is 6.92 Å². The Balaban J connectivity index is 3.14. The van der Waals surface area contributed by atoms with E-state index >= 15 is 0 Å². The minimum absolute atomic E-state index is 0.236. The van der Waals surface area contributed by atoms with Crippen molar-refractivity contribution >= 4 is 0 Å². The fourth-order valence-corrected chi connectivity index (χ4v) is 0.235. The first-order chi connectivity index (χ1) is 3.18. The van der Waals surface area contributed by atoms with Crippen molar-refractivity contribution in [1.29, 1.82) is 0 Å². The van der Waals surface area contributed by atoms with Crippen LogP contribution in [0.4, 0.5) is 0 Å². The summed E-state index contributed by atoms with van der Waals surface area (Å²) >= 11 is 0. The topological polar surface area (TPSA) is 19.9 Å². The Morgan fingerprint density at radius 1 is 1.57 bits per heavy atom. The summed E-state index contributed by atoms with van der Waals surface area (Å²) in [6.45, 7) is 7.20. The zero-order chi connectivity index (χ0) is 5.86. The third-order valence-corrected chi connectivity index (χ3v) is 1.26. The van der Waals surface area contributed by atoms with Crippen LogP contribution in [0.1, 0.15) is 20.3 Å². The van der Waals surface area contributed by atoms with Gasteiger partial charge >= 0.3 is 0 Å². The lowest BCUT2D eigenvalue weighted by atomic mass is 10.0. The fraction of sp³-hybridized carbons (Fsp3) is 0.833. The van der Waals surface area contributed by atoms with E-state index in [1.54, 1.807) is 6.92 Å². The molecular weight excluding hydrogens is 88.1 g/mol. The normalized spacial score (nSPS) is 18.9. The Hall–Kier alpha value is -0.0400. The molecule has 0 rings (SSSR count). The zero-order valence-corrected chi connectivity index (χ0v) is 4.98. The highest BCUT2D eigenvalue weighted by Gasteiger charge is 2.05. The van der Waals surface area contributed by atoms with Crippen molar-refractivity contribution in [3.8, 4) is 0 Å². The van der Waals surface area contributed by atoms with Crippen molar-refractivity contribution < 1.29 is 5.11 Å². The van der Waals surface area contributed by atoms with E-state index in [4.69, 9.17) is 0 Å². The van der Waals surface area contributed by atoms with Gasteiger partial charge in [0.2, 0.25) is 0 Å². The smallest absolute Gasteiger partial charge is 0.0927 e.